The van der Waals surface area contributed by atoms with Gasteiger partial charge in [0.1, 0.15) is 0 Å². The first-order valence-electron chi connectivity index (χ1n) is 2.00. The SMILES string of the molecule is CC(C#CCl)C[S]. The van der Waals surface area contributed by atoms with Gasteiger partial charge in [-0.2, -0.15) is 0 Å². The second-order valence-electron chi connectivity index (χ2n) is 1.31. The summed E-state index contributed by atoms with van der Waals surface area (Å²) >= 11 is 9.75. The molecule has 0 fully saturated rings. The third-order valence-corrected chi connectivity index (χ3v) is 1.16. The molecule has 1 atom stereocenters. The van der Waals surface area contributed by atoms with E-state index in [4.69, 9.17) is 11.6 Å². The summed E-state index contributed by atoms with van der Waals surface area (Å²) in [4.78, 5) is 0. The molecule has 0 aliphatic carbocycles. The predicted octanol–water partition coefficient (Wildman–Crippen LogP) is 2.02. The maximum Gasteiger partial charge on any atom is 0.0286 e. The minimum atomic E-state index is 0.271. The van der Waals surface area contributed by atoms with Crippen LogP contribution in [0, 0.1) is 17.2 Å². The fourth-order valence-corrected chi connectivity index (χ4v) is 0.404. The summed E-state index contributed by atoms with van der Waals surface area (Å²) < 4.78 is 0. The standard InChI is InChI=1S/C5H6ClS/c1-5(4-7)2-3-6/h5H,4H2,1H3. The van der Waals surface area contributed by atoms with Crippen molar-refractivity contribution in [1.29, 1.82) is 0 Å². The fourth-order valence-electron chi connectivity index (χ4n) is 0.135. The molecule has 39 valence electrons. The van der Waals surface area contributed by atoms with Gasteiger partial charge in [0.15, 0.2) is 0 Å². The molecule has 0 amide bonds. The molecular weight excluding hydrogens is 128 g/mol. The van der Waals surface area contributed by atoms with Crippen molar-refractivity contribution in [2.24, 2.45) is 5.92 Å². The lowest BCUT2D eigenvalue weighted by Crippen LogP contribution is -1.88. The zero-order chi connectivity index (χ0) is 5.70. The van der Waals surface area contributed by atoms with E-state index in [0.717, 1.165) is 0 Å². The molecule has 0 heterocycles. The van der Waals surface area contributed by atoms with E-state index in [1.54, 1.807) is 0 Å². The summed E-state index contributed by atoms with van der Waals surface area (Å²) in [5.74, 6) is 3.64. The summed E-state index contributed by atoms with van der Waals surface area (Å²) in [6.07, 6.45) is 0. The van der Waals surface area contributed by atoms with Crippen LogP contribution in [-0.4, -0.2) is 5.75 Å². The van der Waals surface area contributed by atoms with Gasteiger partial charge in [-0.25, -0.2) is 0 Å². The maximum absolute atomic E-state index is 5.07. The van der Waals surface area contributed by atoms with Gasteiger partial charge in [0, 0.05) is 17.1 Å². The van der Waals surface area contributed by atoms with E-state index in [1.165, 1.54) is 0 Å². The van der Waals surface area contributed by atoms with Gasteiger partial charge in [0.05, 0.1) is 0 Å². The Balaban J connectivity index is 3.29. The van der Waals surface area contributed by atoms with Crippen molar-refractivity contribution in [2.45, 2.75) is 6.92 Å². The molecule has 0 aromatic heterocycles. The quantitative estimate of drug-likeness (QED) is 0.480. The van der Waals surface area contributed by atoms with Crippen LogP contribution in [0.15, 0.2) is 0 Å². The van der Waals surface area contributed by atoms with Crippen LogP contribution in [0.2, 0.25) is 0 Å². The van der Waals surface area contributed by atoms with E-state index in [2.05, 4.69) is 23.9 Å². The average Bonchev–Trinajstić information content (AvgIpc) is 1.68. The van der Waals surface area contributed by atoms with E-state index < -0.39 is 0 Å². The third kappa shape index (κ3) is 4.04. The molecule has 0 saturated heterocycles. The van der Waals surface area contributed by atoms with Crippen molar-refractivity contribution in [3.63, 3.8) is 0 Å². The molecule has 0 rings (SSSR count). The molecule has 0 aromatic rings. The van der Waals surface area contributed by atoms with Gasteiger partial charge in [-0.1, -0.05) is 25.5 Å². The van der Waals surface area contributed by atoms with Crippen LogP contribution in [0.1, 0.15) is 6.92 Å². The lowest BCUT2D eigenvalue weighted by molar-refractivity contribution is 0.887. The Kier molecular flexibility index (Phi) is 4.49. The van der Waals surface area contributed by atoms with Gasteiger partial charge in [0.25, 0.3) is 0 Å². The average molecular weight is 134 g/mol. The third-order valence-electron chi connectivity index (χ3n) is 0.551. The molecule has 0 bridgehead atoms. The van der Waals surface area contributed by atoms with Crippen molar-refractivity contribution in [3.8, 4) is 11.3 Å². The van der Waals surface area contributed by atoms with Crippen LogP contribution in [0.4, 0.5) is 0 Å². The van der Waals surface area contributed by atoms with E-state index in [-0.39, 0.29) is 5.92 Å². The molecule has 2 heteroatoms. The van der Waals surface area contributed by atoms with Gasteiger partial charge in [-0.3, -0.25) is 0 Å². The molecule has 1 radical (unpaired) electrons. The Hall–Kier alpha value is 0.200. The second-order valence-corrected chi connectivity index (χ2v) is 1.83. The lowest BCUT2D eigenvalue weighted by atomic mass is 10.2. The zero-order valence-electron chi connectivity index (χ0n) is 4.07. The molecule has 0 N–H and O–H groups in total. The summed E-state index contributed by atoms with van der Waals surface area (Å²) in [7, 11) is 0. The van der Waals surface area contributed by atoms with E-state index in [1.807, 2.05) is 6.92 Å². The molecule has 0 nitrogen and oxygen atoms in total. The first kappa shape index (κ1) is 7.20. The molecule has 0 aliphatic rings. The first-order chi connectivity index (χ1) is 3.31. The Bertz CT molecular complexity index is 90.0. The van der Waals surface area contributed by atoms with Crippen LogP contribution >= 0.6 is 24.2 Å². The minimum Gasteiger partial charge on any atom is -0.0928 e. The van der Waals surface area contributed by atoms with E-state index in [9.17, 15) is 0 Å². The molecule has 0 spiro atoms. The first-order valence-corrected chi connectivity index (χ1v) is 2.96. The molecule has 0 aliphatic heterocycles. The Morgan fingerprint density at radius 3 is 2.57 bits per heavy atom. The largest absolute Gasteiger partial charge is 0.0928 e. The van der Waals surface area contributed by atoms with Gasteiger partial charge in [-0.15, -0.1) is 0 Å². The van der Waals surface area contributed by atoms with Crippen molar-refractivity contribution in [3.05, 3.63) is 0 Å². The lowest BCUT2D eigenvalue weighted by Gasteiger charge is -1.89. The van der Waals surface area contributed by atoms with Gasteiger partial charge >= 0.3 is 0 Å². The van der Waals surface area contributed by atoms with Gasteiger partial charge < -0.3 is 0 Å². The van der Waals surface area contributed by atoms with Crippen LogP contribution in [-0.2, 0) is 0 Å². The highest BCUT2D eigenvalue weighted by atomic mass is 35.5. The monoisotopic (exact) mass is 133 g/mol. The van der Waals surface area contributed by atoms with Crippen molar-refractivity contribution < 1.29 is 0 Å². The van der Waals surface area contributed by atoms with Crippen molar-refractivity contribution in [1.82, 2.24) is 0 Å². The number of halogens is 1. The van der Waals surface area contributed by atoms with Gasteiger partial charge in [-0.05, 0) is 11.6 Å². The smallest absolute Gasteiger partial charge is 0.0286 e. The van der Waals surface area contributed by atoms with E-state index in [0.29, 0.717) is 5.75 Å². The van der Waals surface area contributed by atoms with Crippen LogP contribution < -0.4 is 0 Å². The van der Waals surface area contributed by atoms with E-state index >= 15 is 0 Å². The number of hydrogen-bond acceptors (Lipinski definition) is 0. The topological polar surface area (TPSA) is 0 Å². The summed E-state index contributed by atoms with van der Waals surface area (Å²) in [5, 5.41) is 2.27. The maximum atomic E-state index is 5.07. The fraction of sp³-hybridized carbons (Fsp3) is 0.600. The minimum absolute atomic E-state index is 0.271. The predicted molar refractivity (Wildman–Crippen MR) is 35.3 cm³/mol. The Morgan fingerprint density at radius 1 is 1.86 bits per heavy atom. The normalized spacial score (nSPS) is 11.9. The molecular formula is C5H6ClS. The molecule has 0 saturated carbocycles. The summed E-state index contributed by atoms with van der Waals surface area (Å²) in [5.41, 5.74) is 0. The summed E-state index contributed by atoms with van der Waals surface area (Å²) in [6.45, 7) is 1.95. The second kappa shape index (κ2) is 4.36. The van der Waals surface area contributed by atoms with Crippen molar-refractivity contribution in [2.75, 3.05) is 5.75 Å². The Morgan fingerprint density at radius 2 is 2.43 bits per heavy atom. The van der Waals surface area contributed by atoms with Crippen LogP contribution in [0.25, 0.3) is 0 Å². The van der Waals surface area contributed by atoms with Gasteiger partial charge in [0.2, 0.25) is 0 Å². The zero-order valence-corrected chi connectivity index (χ0v) is 5.64. The highest BCUT2D eigenvalue weighted by Crippen LogP contribution is 1.93. The molecule has 7 heavy (non-hydrogen) atoms. The Labute approximate surface area is 54.7 Å². The number of rotatable bonds is 1. The molecule has 1 unspecified atom stereocenters. The summed E-state index contributed by atoms with van der Waals surface area (Å²) in [6, 6.07) is 0. The van der Waals surface area contributed by atoms with Crippen LogP contribution in [0.3, 0.4) is 0 Å². The van der Waals surface area contributed by atoms with Crippen molar-refractivity contribution >= 4 is 24.2 Å². The number of hydrogen-bond donors (Lipinski definition) is 0. The highest BCUT2D eigenvalue weighted by Gasteiger charge is 1.88. The molecule has 0 aromatic carbocycles. The highest BCUT2D eigenvalue weighted by molar-refractivity contribution is 7.80. The van der Waals surface area contributed by atoms with Crippen LogP contribution in [0.5, 0.6) is 0 Å².